The number of ether oxygens (including phenoxy) is 3. The minimum absolute atomic E-state index is 0.129. The molecule has 1 amide bonds. The molecule has 0 atom stereocenters. The lowest BCUT2D eigenvalue weighted by Crippen LogP contribution is -2.21. The Hall–Kier alpha value is -4.06. The maximum Gasteiger partial charge on any atom is 0.262 e. The van der Waals surface area contributed by atoms with E-state index in [2.05, 4.69) is 5.32 Å². The minimum atomic E-state index is -0.264. The summed E-state index contributed by atoms with van der Waals surface area (Å²) in [5, 5.41) is 3.70. The molecule has 2 heterocycles. The fourth-order valence-corrected chi connectivity index (χ4v) is 3.60. The zero-order valence-corrected chi connectivity index (χ0v) is 17.6. The van der Waals surface area contributed by atoms with Crippen LogP contribution in [0.25, 0.3) is 22.2 Å². The van der Waals surface area contributed by atoms with Crippen molar-refractivity contribution in [3.8, 4) is 28.5 Å². The number of benzene rings is 3. The number of aryl methyl sites for hydroxylation is 1. The van der Waals surface area contributed by atoms with Crippen LogP contribution < -0.4 is 19.5 Å². The molecule has 0 aliphatic carbocycles. The van der Waals surface area contributed by atoms with Gasteiger partial charge in [-0.3, -0.25) is 4.79 Å². The average Bonchev–Trinajstić information content (AvgIpc) is 2.83. The molecule has 1 aromatic heterocycles. The van der Waals surface area contributed by atoms with Gasteiger partial charge in [-0.1, -0.05) is 42.0 Å². The number of nitrogens with zero attached hydrogens (tertiary/aromatic N) is 1. The van der Waals surface area contributed by atoms with Crippen LogP contribution in [0.1, 0.15) is 5.56 Å². The van der Waals surface area contributed by atoms with Gasteiger partial charge in [-0.15, -0.1) is 0 Å². The molecule has 6 heteroatoms. The lowest BCUT2D eigenvalue weighted by atomic mass is 10.1. The van der Waals surface area contributed by atoms with Gasteiger partial charge in [-0.25, -0.2) is 4.98 Å². The number of fused-ring (bicyclic) bond motifs is 2. The predicted octanol–water partition coefficient (Wildman–Crippen LogP) is 5.00. The molecule has 0 saturated heterocycles. The van der Waals surface area contributed by atoms with Crippen molar-refractivity contribution in [3.63, 3.8) is 0 Å². The summed E-state index contributed by atoms with van der Waals surface area (Å²) in [5.41, 5.74) is 4.41. The van der Waals surface area contributed by atoms with Gasteiger partial charge in [0.15, 0.2) is 18.1 Å². The molecule has 0 unspecified atom stereocenters. The van der Waals surface area contributed by atoms with E-state index in [0.717, 1.165) is 22.2 Å². The first-order valence-electron chi connectivity index (χ1n) is 10.4. The van der Waals surface area contributed by atoms with Gasteiger partial charge in [-0.05, 0) is 31.2 Å². The van der Waals surface area contributed by atoms with Crippen LogP contribution in [0.2, 0.25) is 0 Å². The lowest BCUT2D eigenvalue weighted by molar-refractivity contribution is -0.118. The highest BCUT2D eigenvalue weighted by molar-refractivity contribution is 5.93. The van der Waals surface area contributed by atoms with E-state index >= 15 is 0 Å². The molecule has 0 bridgehead atoms. The van der Waals surface area contributed by atoms with Crippen molar-refractivity contribution in [2.24, 2.45) is 0 Å². The number of para-hydroxylation sites is 1. The van der Waals surface area contributed by atoms with Crippen molar-refractivity contribution < 1.29 is 19.0 Å². The molecule has 6 nitrogen and oxygen atoms in total. The zero-order valence-electron chi connectivity index (χ0n) is 17.6. The Morgan fingerprint density at radius 1 is 0.969 bits per heavy atom. The highest BCUT2D eigenvalue weighted by atomic mass is 16.6. The molecule has 32 heavy (non-hydrogen) atoms. The van der Waals surface area contributed by atoms with Crippen LogP contribution in [-0.4, -0.2) is 30.7 Å². The van der Waals surface area contributed by atoms with Crippen molar-refractivity contribution >= 4 is 22.5 Å². The number of anilines is 1. The Bertz CT molecular complexity index is 1290. The van der Waals surface area contributed by atoms with E-state index in [9.17, 15) is 4.79 Å². The van der Waals surface area contributed by atoms with Crippen molar-refractivity contribution in [2.45, 2.75) is 6.92 Å². The van der Waals surface area contributed by atoms with Gasteiger partial charge in [0, 0.05) is 28.8 Å². The maximum atomic E-state index is 12.6. The molecule has 4 aromatic rings. The van der Waals surface area contributed by atoms with Crippen molar-refractivity contribution in [1.82, 2.24) is 4.98 Å². The first kappa shape index (κ1) is 19.9. The second-order valence-corrected chi connectivity index (χ2v) is 7.58. The molecule has 5 rings (SSSR count). The number of carbonyl (C=O) groups excluding carboxylic acids is 1. The third-order valence-corrected chi connectivity index (χ3v) is 5.21. The van der Waals surface area contributed by atoms with Crippen LogP contribution in [-0.2, 0) is 4.79 Å². The summed E-state index contributed by atoms with van der Waals surface area (Å²) in [5.74, 6) is 1.65. The molecule has 160 valence electrons. The molecule has 0 radical (unpaired) electrons. The largest absolute Gasteiger partial charge is 0.486 e. The van der Waals surface area contributed by atoms with Crippen LogP contribution in [0.3, 0.4) is 0 Å². The lowest BCUT2D eigenvalue weighted by Gasteiger charge is -2.19. The van der Waals surface area contributed by atoms with Crippen molar-refractivity contribution in [2.75, 3.05) is 25.1 Å². The fraction of sp³-hybridized carbons (Fsp3) is 0.154. The summed E-state index contributed by atoms with van der Waals surface area (Å²) >= 11 is 0. The van der Waals surface area contributed by atoms with E-state index in [1.54, 1.807) is 18.2 Å². The number of rotatable bonds is 5. The van der Waals surface area contributed by atoms with E-state index in [1.807, 2.05) is 61.5 Å². The number of amides is 1. The number of hydrogen-bond donors (Lipinski definition) is 1. The highest BCUT2D eigenvalue weighted by Crippen LogP contribution is 2.33. The number of carbonyl (C=O) groups is 1. The van der Waals surface area contributed by atoms with Crippen LogP contribution in [0.4, 0.5) is 5.69 Å². The molecule has 0 spiro atoms. The van der Waals surface area contributed by atoms with Gasteiger partial charge >= 0.3 is 0 Å². The Kier molecular flexibility index (Phi) is 5.34. The molecule has 1 aliphatic rings. The number of hydrogen-bond acceptors (Lipinski definition) is 5. The normalized spacial score (nSPS) is 12.4. The van der Waals surface area contributed by atoms with E-state index in [-0.39, 0.29) is 12.5 Å². The molecule has 0 saturated carbocycles. The van der Waals surface area contributed by atoms with Crippen LogP contribution in [0.15, 0.2) is 72.8 Å². The standard InChI is InChI=1S/C26H22N2O4/c1-17-6-8-18(9-7-17)22-15-24(20-4-2-3-5-21(20)28-22)32-16-26(29)27-19-10-11-23-25(14-19)31-13-12-30-23/h2-11,14-15H,12-13,16H2,1H3,(H,27,29). The number of aromatic nitrogens is 1. The first-order chi connectivity index (χ1) is 15.7. The van der Waals surface area contributed by atoms with Crippen molar-refractivity contribution in [3.05, 3.63) is 78.4 Å². The van der Waals surface area contributed by atoms with Crippen LogP contribution in [0.5, 0.6) is 17.2 Å². The molecule has 1 aliphatic heterocycles. The predicted molar refractivity (Wildman–Crippen MR) is 123 cm³/mol. The van der Waals surface area contributed by atoms with E-state index in [0.29, 0.717) is 36.1 Å². The summed E-state index contributed by atoms with van der Waals surface area (Å²) < 4.78 is 17.0. The van der Waals surface area contributed by atoms with Gasteiger partial charge in [-0.2, -0.15) is 0 Å². The van der Waals surface area contributed by atoms with Gasteiger partial charge in [0.25, 0.3) is 5.91 Å². The van der Waals surface area contributed by atoms with E-state index < -0.39 is 0 Å². The summed E-state index contributed by atoms with van der Waals surface area (Å²) in [6.07, 6.45) is 0. The van der Waals surface area contributed by atoms with Crippen molar-refractivity contribution in [1.29, 1.82) is 0 Å². The molecular formula is C26H22N2O4. The smallest absolute Gasteiger partial charge is 0.262 e. The maximum absolute atomic E-state index is 12.6. The van der Waals surface area contributed by atoms with E-state index in [1.165, 1.54) is 5.56 Å². The summed E-state index contributed by atoms with van der Waals surface area (Å²) in [6, 6.07) is 23.1. The molecule has 1 N–H and O–H groups in total. The Morgan fingerprint density at radius 2 is 1.75 bits per heavy atom. The Balaban J connectivity index is 1.35. The number of pyridine rings is 1. The van der Waals surface area contributed by atoms with Gasteiger partial charge in [0.2, 0.25) is 0 Å². The Labute approximate surface area is 185 Å². The summed E-state index contributed by atoms with van der Waals surface area (Å²) in [6.45, 7) is 2.94. The van der Waals surface area contributed by atoms with Gasteiger partial charge in [0.1, 0.15) is 19.0 Å². The average molecular weight is 426 g/mol. The first-order valence-corrected chi connectivity index (χ1v) is 10.4. The number of nitrogens with one attached hydrogen (secondary N) is 1. The SMILES string of the molecule is Cc1ccc(-c2cc(OCC(=O)Nc3ccc4c(c3)OCCO4)c3ccccc3n2)cc1. The second kappa shape index (κ2) is 8.59. The molecule has 3 aromatic carbocycles. The summed E-state index contributed by atoms with van der Waals surface area (Å²) in [7, 11) is 0. The third kappa shape index (κ3) is 4.21. The quantitative estimate of drug-likeness (QED) is 0.486. The molecular weight excluding hydrogens is 404 g/mol. The zero-order chi connectivity index (χ0) is 21.9. The van der Waals surface area contributed by atoms with Crippen LogP contribution in [0, 0.1) is 6.92 Å². The third-order valence-electron chi connectivity index (χ3n) is 5.21. The summed E-state index contributed by atoms with van der Waals surface area (Å²) in [4.78, 5) is 17.3. The van der Waals surface area contributed by atoms with Gasteiger partial charge in [0.05, 0.1) is 11.2 Å². The Morgan fingerprint density at radius 3 is 2.59 bits per heavy atom. The van der Waals surface area contributed by atoms with Crippen LogP contribution >= 0.6 is 0 Å². The van der Waals surface area contributed by atoms with Gasteiger partial charge < -0.3 is 19.5 Å². The molecule has 0 fully saturated rings. The fourth-order valence-electron chi connectivity index (χ4n) is 3.60. The second-order valence-electron chi connectivity index (χ2n) is 7.58. The highest BCUT2D eigenvalue weighted by Gasteiger charge is 2.14. The monoisotopic (exact) mass is 426 g/mol. The van der Waals surface area contributed by atoms with E-state index in [4.69, 9.17) is 19.2 Å². The topological polar surface area (TPSA) is 69.7 Å². The minimum Gasteiger partial charge on any atom is -0.486 e.